The molecule has 0 fully saturated rings. The molecule has 0 spiro atoms. The van der Waals surface area contributed by atoms with E-state index in [0.29, 0.717) is 28.0 Å². The van der Waals surface area contributed by atoms with Crippen LogP contribution in [0.3, 0.4) is 0 Å². The fourth-order valence-electron chi connectivity index (χ4n) is 1.56. The number of hydrogen-bond donors (Lipinski definition) is 2. The lowest BCUT2D eigenvalue weighted by atomic mass is 10.2. The molecule has 0 amide bonds. The normalized spacial score (nSPS) is 10.3. The predicted molar refractivity (Wildman–Crippen MR) is 73.3 cm³/mol. The molecule has 0 aliphatic carbocycles. The van der Waals surface area contributed by atoms with Crippen LogP contribution < -0.4 is 9.47 Å². The Kier molecular flexibility index (Phi) is 4.46. The number of thioether (sulfide) groups is 1. The lowest BCUT2D eigenvalue weighted by molar-refractivity contribution is -0.133. The van der Waals surface area contributed by atoms with Crippen LogP contribution in [0.25, 0.3) is 11.4 Å². The van der Waals surface area contributed by atoms with Gasteiger partial charge in [-0.3, -0.25) is 9.89 Å². The van der Waals surface area contributed by atoms with Crippen molar-refractivity contribution >= 4 is 17.7 Å². The quantitative estimate of drug-likeness (QED) is 0.782. The van der Waals surface area contributed by atoms with Crippen molar-refractivity contribution < 1.29 is 19.4 Å². The van der Waals surface area contributed by atoms with Crippen LogP contribution in [0.15, 0.2) is 23.4 Å². The number of methoxy groups -OCH3 is 2. The van der Waals surface area contributed by atoms with E-state index < -0.39 is 5.97 Å². The Labute approximate surface area is 119 Å². The molecule has 2 rings (SSSR count). The number of carboxylic acid groups (broad SMARTS) is 1. The predicted octanol–water partition coefficient (Wildman–Crippen LogP) is 1.67. The number of aromatic nitrogens is 3. The average Bonchev–Trinajstić information content (AvgIpc) is 2.93. The van der Waals surface area contributed by atoms with Gasteiger partial charge in [-0.05, 0) is 18.2 Å². The number of carboxylic acids is 1. The van der Waals surface area contributed by atoms with E-state index in [9.17, 15) is 4.79 Å². The molecule has 0 saturated carbocycles. The molecule has 1 heterocycles. The Morgan fingerprint density at radius 3 is 2.85 bits per heavy atom. The zero-order chi connectivity index (χ0) is 14.5. The fraction of sp³-hybridized carbons (Fsp3) is 0.250. The summed E-state index contributed by atoms with van der Waals surface area (Å²) in [5.41, 5.74) is 0.696. The lowest BCUT2D eigenvalue weighted by Gasteiger charge is -2.07. The Morgan fingerprint density at radius 2 is 2.20 bits per heavy atom. The van der Waals surface area contributed by atoms with Gasteiger partial charge >= 0.3 is 5.97 Å². The first-order chi connectivity index (χ1) is 9.63. The summed E-state index contributed by atoms with van der Waals surface area (Å²) in [6, 6.07) is 5.31. The molecular formula is C12H13N3O4S. The van der Waals surface area contributed by atoms with Gasteiger partial charge in [0, 0.05) is 0 Å². The Hall–Kier alpha value is -2.22. The van der Waals surface area contributed by atoms with Crippen molar-refractivity contribution in [1.82, 2.24) is 15.2 Å². The number of aliphatic carboxylic acids is 1. The summed E-state index contributed by atoms with van der Waals surface area (Å²) < 4.78 is 10.4. The largest absolute Gasteiger partial charge is 0.497 e. The summed E-state index contributed by atoms with van der Waals surface area (Å²) in [5, 5.41) is 15.7. The van der Waals surface area contributed by atoms with Crippen molar-refractivity contribution in [3.05, 3.63) is 18.2 Å². The molecule has 0 radical (unpaired) electrons. The minimum atomic E-state index is -0.916. The van der Waals surface area contributed by atoms with Crippen LogP contribution in [0.2, 0.25) is 0 Å². The highest BCUT2D eigenvalue weighted by molar-refractivity contribution is 7.99. The van der Waals surface area contributed by atoms with Crippen molar-refractivity contribution in [3.8, 4) is 22.9 Å². The van der Waals surface area contributed by atoms with Crippen LogP contribution in [-0.4, -0.2) is 46.2 Å². The topological polar surface area (TPSA) is 97.3 Å². The van der Waals surface area contributed by atoms with E-state index in [1.165, 1.54) is 0 Å². The minimum absolute atomic E-state index is 0.0907. The van der Waals surface area contributed by atoms with Gasteiger partial charge in [-0.2, -0.15) is 0 Å². The second-order valence-corrected chi connectivity index (χ2v) is 4.66. The van der Waals surface area contributed by atoms with Crippen LogP contribution in [0.1, 0.15) is 0 Å². The zero-order valence-corrected chi connectivity index (χ0v) is 11.7. The molecule has 2 N–H and O–H groups in total. The molecule has 0 atom stereocenters. The molecule has 2 aromatic rings. The molecule has 106 valence electrons. The third-order valence-electron chi connectivity index (χ3n) is 2.45. The van der Waals surface area contributed by atoms with E-state index in [1.54, 1.807) is 32.4 Å². The summed E-state index contributed by atoms with van der Waals surface area (Å²) in [6.45, 7) is 0. The van der Waals surface area contributed by atoms with Crippen LogP contribution in [0.5, 0.6) is 11.5 Å². The smallest absolute Gasteiger partial charge is 0.313 e. The number of nitrogens with zero attached hydrogens (tertiary/aromatic N) is 2. The van der Waals surface area contributed by atoms with Gasteiger partial charge in [0.1, 0.15) is 11.5 Å². The number of carbonyl (C=O) groups is 1. The Bertz CT molecular complexity index is 614. The van der Waals surface area contributed by atoms with E-state index in [1.807, 2.05) is 0 Å². The molecule has 1 aromatic carbocycles. The number of aromatic amines is 1. The van der Waals surface area contributed by atoms with E-state index in [-0.39, 0.29) is 5.75 Å². The molecular weight excluding hydrogens is 282 g/mol. The molecule has 7 nitrogen and oxygen atoms in total. The van der Waals surface area contributed by atoms with Crippen LogP contribution >= 0.6 is 11.8 Å². The van der Waals surface area contributed by atoms with Gasteiger partial charge in [-0.1, -0.05) is 11.8 Å². The molecule has 0 aliphatic heterocycles. The second kappa shape index (κ2) is 6.29. The maximum atomic E-state index is 10.5. The molecule has 8 heteroatoms. The molecule has 0 saturated heterocycles. The van der Waals surface area contributed by atoms with Gasteiger partial charge in [-0.25, -0.2) is 4.98 Å². The van der Waals surface area contributed by atoms with Crippen molar-refractivity contribution in [3.63, 3.8) is 0 Å². The van der Waals surface area contributed by atoms with Crippen LogP contribution in [0.4, 0.5) is 0 Å². The summed E-state index contributed by atoms with van der Waals surface area (Å²) >= 11 is 1.04. The van der Waals surface area contributed by atoms with Gasteiger partial charge in [-0.15, -0.1) is 5.10 Å². The number of ether oxygens (including phenoxy) is 2. The summed E-state index contributed by atoms with van der Waals surface area (Å²) in [6.07, 6.45) is 0. The van der Waals surface area contributed by atoms with E-state index >= 15 is 0 Å². The third kappa shape index (κ3) is 3.21. The van der Waals surface area contributed by atoms with Gasteiger partial charge < -0.3 is 14.6 Å². The second-order valence-electron chi connectivity index (χ2n) is 3.72. The number of nitrogens with one attached hydrogen (secondary N) is 1. The van der Waals surface area contributed by atoms with Crippen LogP contribution in [-0.2, 0) is 4.79 Å². The summed E-state index contributed by atoms with van der Waals surface area (Å²) in [7, 11) is 3.13. The lowest BCUT2D eigenvalue weighted by Crippen LogP contribution is -1.97. The van der Waals surface area contributed by atoms with E-state index in [0.717, 1.165) is 11.8 Å². The maximum Gasteiger partial charge on any atom is 0.313 e. The van der Waals surface area contributed by atoms with Crippen molar-refractivity contribution in [1.29, 1.82) is 0 Å². The minimum Gasteiger partial charge on any atom is -0.497 e. The number of rotatable bonds is 6. The van der Waals surface area contributed by atoms with Crippen LogP contribution in [0, 0.1) is 0 Å². The highest BCUT2D eigenvalue weighted by Crippen LogP contribution is 2.31. The molecule has 0 aliphatic rings. The first-order valence-electron chi connectivity index (χ1n) is 5.63. The highest BCUT2D eigenvalue weighted by Gasteiger charge is 2.13. The van der Waals surface area contributed by atoms with Gasteiger partial charge in [0.2, 0.25) is 5.16 Å². The van der Waals surface area contributed by atoms with Crippen molar-refractivity contribution in [2.24, 2.45) is 0 Å². The highest BCUT2D eigenvalue weighted by atomic mass is 32.2. The number of H-pyrrole nitrogens is 1. The van der Waals surface area contributed by atoms with Crippen molar-refractivity contribution in [2.45, 2.75) is 5.16 Å². The zero-order valence-electron chi connectivity index (χ0n) is 10.9. The summed E-state index contributed by atoms with van der Waals surface area (Å²) in [5.74, 6) is 0.773. The monoisotopic (exact) mass is 295 g/mol. The molecule has 20 heavy (non-hydrogen) atoms. The molecule has 1 aromatic heterocycles. The first kappa shape index (κ1) is 14.2. The average molecular weight is 295 g/mol. The number of hydrogen-bond acceptors (Lipinski definition) is 6. The standard InChI is InChI=1S/C12H13N3O4S/c1-18-7-3-4-9(19-2)8(5-7)11-13-12(15-14-11)20-6-10(16)17/h3-5H,6H2,1-2H3,(H,16,17)(H,13,14,15). The maximum absolute atomic E-state index is 10.5. The fourth-order valence-corrected chi connectivity index (χ4v) is 2.08. The van der Waals surface area contributed by atoms with E-state index in [4.69, 9.17) is 14.6 Å². The number of benzene rings is 1. The van der Waals surface area contributed by atoms with Gasteiger partial charge in [0.05, 0.1) is 25.5 Å². The Balaban J connectivity index is 2.28. The van der Waals surface area contributed by atoms with Gasteiger partial charge in [0.15, 0.2) is 5.82 Å². The Morgan fingerprint density at radius 1 is 1.40 bits per heavy atom. The SMILES string of the molecule is COc1ccc(OC)c(-c2nc(SCC(=O)O)n[nH]2)c1. The molecule has 0 bridgehead atoms. The van der Waals surface area contributed by atoms with E-state index in [2.05, 4.69) is 15.2 Å². The summed E-state index contributed by atoms with van der Waals surface area (Å²) in [4.78, 5) is 14.7. The van der Waals surface area contributed by atoms with Crippen molar-refractivity contribution in [2.75, 3.05) is 20.0 Å². The van der Waals surface area contributed by atoms with Gasteiger partial charge in [0.25, 0.3) is 0 Å². The molecule has 0 unspecified atom stereocenters. The third-order valence-corrected chi connectivity index (χ3v) is 3.28. The first-order valence-corrected chi connectivity index (χ1v) is 6.62.